The van der Waals surface area contributed by atoms with Gasteiger partial charge < -0.3 is 9.31 Å². The number of carbonyl (C=O) groups is 2. The van der Waals surface area contributed by atoms with E-state index in [0.29, 0.717) is 24.4 Å². The van der Waals surface area contributed by atoms with Gasteiger partial charge in [0.1, 0.15) is 5.15 Å². The lowest BCUT2D eigenvalue weighted by atomic mass is 9.77. The molecule has 6 aromatic rings. The highest BCUT2D eigenvalue weighted by Crippen LogP contribution is 2.37. The summed E-state index contributed by atoms with van der Waals surface area (Å²) in [6, 6.07) is 15.8. The minimum Gasteiger partial charge on any atom is -0.399 e. The van der Waals surface area contributed by atoms with Gasteiger partial charge >= 0.3 is 7.12 Å². The first-order chi connectivity index (χ1) is 29.8. The molecule has 0 N–H and O–H groups in total. The van der Waals surface area contributed by atoms with Crippen LogP contribution >= 0.6 is 57.5 Å². The Labute approximate surface area is 401 Å². The number of hydrogen-bond acceptors (Lipinski definition) is 12. The smallest absolute Gasteiger partial charge is 0.399 e. The van der Waals surface area contributed by atoms with E-state index >= 15 is 0 Å². The fourth-order valence-corrected chi connectivity index (χ4v) is 8.67. The molecule has 0 unspecified atom stereocenters. The van der Waals surface area contributed by atoms with Gasteiger partial charge in [0.15, 0.2) is 11.6 Å². The lowest BCUT2D eigenvalue weighted by Crippen LogP contribution is -2.41. The predicted molar refractivity (Wildman–Crippen MR) is 263 cm³/mol. The van der Waals surface area contributed by atoms with Crippen molar-refractivity contribution in [2.75, 3.05) is 0 Å². The van der Waals surface area contributed by atoms with E-state index in [1.807, 2.05) is 12.1 Å². The van der Waals surface area contributed by atoms with Crippen molar-refractivity contribution >= 4 is 81.6 Å². The quantitative estimate of drug-likeness (QED) is 0.0566. The summed E-state index contributed by atoms with van der Waals surface area (Å²) in [5.41, 5.74) is 6.68. The number of Topliss-reactive ketones (excluding diaryl/α,β-unsaturated/α-hetero) is 2. The summed E-state index contributed by atoms with van der Waals surface area (Å²) in [4.78, 5) is 50.8. The monoisotopic (exact) mass is 960 g/mol. The zero-order valence-corrected chi connectivity index (χ0v) is 42.5. The number of rotatable bonds is 10. The van der Waals surface area contributed by atoms with Gasteiger partial charge in [-0.3, -0.25) is 9.59 Å². The van der Waals surface area contributed by atoms with Crippen LogP contribution in [0.3, 0.4) is 0 Å². The summed E-state index contributed by atoms with van der Waals surface area (Å²) in [6.07, 6.45) is 8.97. The van der Waals surface area contributed by atoms with Crippen molar-refractivity contribution in [2.45, 2.75) is 131 Å². The Bertz CT molecular complexity index is 2550. The standard InChI is InChI=1S/C23H32BNO3S.C21H22ClN3OS.C4H2Cl2N2/c1-15-13-17(24-27-22(5,6)23(7,8)28-24)11-9-16(15)10-12-18(26)19-14-25-20(29-19)21(2,3)4;1-13-11-15(16-9-10-23-20(22)25-16)6-5-14(13)7-8-17(26)18-12-24-19(27-18)21(2,3)4;5-3-1-2-7-4(6)8-3/h9,11,13-14H,10,12H2,1-8H3;5-6,9-12H,7-8H2,1-4H3;1-2H. The lowest BCUT2D eigenvalue weighted by Gasteiger charge is -2.32. The molecule has 1 saturated heterocycles. The summed E-state index contributed by atoms with van der Waals surface area (Å²) >= 11 is 19.6. The number of thiazole rings is 2. The van der Waals surface area contributed by atoms with Gasteiger partial charge in [-0.1, -0.05) is 83.5 Å². The van der Waals surface area contributed by atoms with Crippen LogP contribution in [0.1, 0.15) is 134 Å². The van der Waals surface area contributed by atoms with E-state index < -0.39 is 0 Å². The third kappa shape index (κ3) is 13.8. The van der Waals surface area contributed by atoms with E-state index in [1.165, 1.54) is 34.4 Å². The van der Waals surface area contributed by atoms with E-state index in [9.17, 15) is 9.59 Å². The van der Waals surface area contributed by atoms with Gasteiger partial charge in [-0.15, -0.1) is 22.7 Å². The van der Waals surface area contributed by atoms with Crippen molar-refractivity contribution in [1.82, 2.24) is 29.9 Å². The van der Waals surface area contributed by atoms with Crippen molar-refractivity contribution in [3.63, 3.8) is 0 Å². The number of nitrogens with zero attached hydrogens (tertiary/aromatic N) is 6. The number of aryl methyl sites for hydroxylation is 4. The molecule has 16 heteroatoms. The summed E-state index contributed by atoms with van der Waals surface area (Å²) in [5, 5.41) is 2.78. The molecule has 64 heavy (non-hydrogen) atoms. The molecule has 1 fully saturated rings. The molecule has 0 atom stereocenters. The Balaban J connectivity index is 0.000000205. The second-order valence-corrected chi connectivity index (χ2v) is 21.8. The van der Waals surface area contributed by atoms with Gasteiger partial charge in [0.25, 0.3) is 0 Å². The van der Waals surface area contributed by atoms with Crippen LogP contribution in [0, 0.1) is 13.8 Å². The SMILES string of the molecule is Cc1cc(-c2ccnc(Cl)n2)ccc1CCC(=O)c1cnc(C(C)(C)C)s1.Cc1cc(B2OC(C)(C)C(C)(C)O2)ccc1CCC(=O)c1cnc(C(C)(C)C)s1.Clc1ccnc(Cl)n1. The second kappa shape index (κ2) is 21.1. The first-order valence-electron chi connectivity index (χ1n) is 21.0. The molecule has 338 valence electrons. The zero-order valence-electron chi connectivity index (χ0n) is 38.6. The van der Waals surface area contributed by atoms with Crippen molar-refractivity contribution < 1.29 is 18.9 Å². The van der Waals surface area contributed by atoms with Crippen molar-refractivity contribution in [3.8, 4) is 11.3 Å². The molecule has 0 bridgehead atoms. The summed E-state index contributed by atoms with van der Waals surface area (Å²) in [6.45, 7) is 25.0. The maximum atomic E-state index is 12.6. The van der Waals surface area contributed by atoms with Crippen molar-refractivity contribution in [1.29, 1.82) is 0 Å². The molecule has 4 aromatic heterocycles. The van der Waals surface area contributed by atoms with Crippen molar-refractivity contribution in [3.05, 3.63) is 131 Å². The minimum atomic E-state index is -0.359. The maximum Gasteiger partial charge on any atom is 0.494 e. The van der Waals surface area contributed by atoms with Gasteiger partial charge in [-0.05, 0) is 124 Å². The number of ketones is 2. The third-order valence-electron chi connectivity index (χ3n) is 10.8. The van der Waals surface area contributed by atoms with Crippen LogP contribution in [0.25, 0.3) is 11.3 Å². The Morgan fingerprint density at radius 2 is 1.11 bits per heavy atom. The molecular formula is C48H56BCl3N6O4S2. The number of halogens is 3. The number of carbonyl (C=O) groups excluding carboxylic acids is 2. The third-order valence-corrected chi connectivity index (χ3v) is 14.3. The van der Waals surface area contributed by atoms with E-state index in [1.54, 1.807) is 24.7 Å². The number of aromatic nitrogens is 6. The maximum absolute atomic E-state index is 12.6. The molecule has 1 aliphatic heterocycles. The summed E-state index contributed by atoms with van der Waals surface area (Å²) in [5.74, 6) is 0.307. The van der Waals surface area contributed by atoms with Crippen LogP contribution < -0.4 is 5.46 Å². The van der Waals surface area contributed by atoms with Gasteiger partial charge in [0.2, 0.25) is 10.6 Å². The molecule has 0 aliphatic carbocycles. The van der Waals surface area contributed by atoms with E-state index in [2.05, 4.69) is 143 Å². The van der Waals surface area contributed by atoms with Gasteiger partial charge in [0.05, 0.1) is 36.7 Å². The Morgan fingerprint density at radius 1 is 0.641 bits per heavy atom. The minimum absolute atomic E-state index is 0.0247. The first-order valence-corrected chi connectivity index (χ1v) is 23.8. The number of benzene rings is 2. The average Bonchev–Trinajstić information content (AvgIpc) is 3.96. The fourth-order valence-electron chi connectivity index (χ4n) is 6.31. The summed E-state index contributed by atoms with van der Waals surface area (Å²) in [7, 11) is -0.359. The second-order valence-electron chi connectivity index (χ2n) is 18.7. The predicted octanol–water partition coefficient (Wildman–Crippen LogP) is 12.3. The van der Waals surface area contributed by atoms with Gasteiger partial charge in [0, 0.05) is 54.0 Å². The highest BCUT2D eigenvalue weighted by molar-refractivity contribution is 7.14. The van der Waals surface area contributed by atoms with E-state index in [-0.39, 0.29) is 51.3 Å². The molecule has 0 saturated carbocycles. The molecule has 0 amide bonds. The van der Waals surface area contributed by atoms with Crippen molar-refractivity contribution in [2.24, 2.45) is 0 Å². The Kier molecular flexibility index (Phi) is 16.9. The number of hydrogen-bond donors (Lipinski definition) is 0. The molecule has 10 nitrogen and oxygen atoms in total. The van der Waals surface area contributed by atoms with E-state index in [4.69, 9.17) is 44.1 Å². The molecule has 0 spiro atoms. The normalized spacial score (nSPS) is 14.3. The van der Waals surface area contributed by atoms with Crippen LogP contribution in [0.4, 0.5) is 0 Å². The van der Waals surface area contributed by atoms with Crippen LogP contribution in [-0.4, -0.2) is 59.8 Å². The summed E-state index contributed by atoms with van der Waals surface area (Å²) < 4.78 is 12.3. The topological polar surface area (TPSA) is 130 Å². The molecular weight excluding hydrogens is 906 g/mol. The molecule has 5 heterocycles. The molecule has 2 aromatic carbocycles. The molecule has 0 radical (unpaired) electrons. The highest BCUT2D eigenvalue weighted by Gasteiger charge is 2.51. The van der Waals surface area contributed by atoms with E-state index in [0.717, 1.165) is 59.6 Å². The average molecular weight is 962 g/mol. The van der Waals surface area contributed by atoms with Crippen LogP contribution in [0.15, 0.2) is 73.3 Å². The fraction of sp³-hybridized carbons (Fsp3) is 0.417. The largest absolute Gasteiger partial charge is 0.494 e. The Hall–Kier alpha value is -3.95. The molecule has 1 aliphatic rings. The first kappa shape index (κ1) is 51.0. The van der Waals surface area contributed by atoms with Crippen LogP contribution in [0.2, 0.25) is 15.7 Å². The van der Waals surface area contributed by atoms with Gasteiger partial charge in [-0.2, -0.15) is 0 Å². The van der Waals surface area contributed by atoms with Crippen LogP contribution in [-0.2, 0) is 33.0 Å². The van der Waals surface area contributed by atoms with Crippen LogP contribution in [0.5, 0.6) is 0 Å². The lowest BCUT2D eigenvalue weighted by molar-refractivity contribution is 0.00578. The molecule has 7 rings (SSSR count). The van der Waals surface area contributed by atoms with Gasteiger partial charge in [-0.25, -0.2) is 29.9 Å². The zero-order chi connectivity index (χ0) is 47.2. The Morgan fingerprint density at radius 3 is 1.52 bits per heavy atom. The highest BCUT2D eigenvalue weighted by atomic mass is 35.5.